The predicted molar refractivity (Wildman–Crippen MR) is 87.7 cm³/mol. The fourth-order valence-electron chi connectivity index (χ4n) is 3.11. The van der Waals surface area contributed by atoms with Crippen molar-refractivity contribution in [2.75, 3.05) is 13.2 Å². The zero-order valence-corrected chi connectivity index (χ0v) is 13.7. The second-order valence-corrected chi connectivity index (χ2v) is 6.89. The van der Waals surface area contributed by atoms with Crippen molar-refractivity contribution in [3.05, 3.63) is 40.9 Å². The van der Waals surface area contributed by atoms with E-state index in [1.165, 1.54) is 16.2 Å². The summed E-state index contributed by atoms with van der Waals surface area (Å²) in [5.74, 6) is -1.05. The first-order chi connectivity index (χ1) is 12.0. The summed E-state index contributed by atoms with van der Waals surface area (Å²) >= 11 is 1.49. The van der Waals surface area contributed by atoms with Crippen molar-refractivity contribution in [3.8, 4) is 10.6 Å². The third-order valence-corrected chi connectivity index (χ3v) is 5.19. The first-order valence-corrected chi connectivity index (χ1v) is 8.42. The second kappa shape index (κ2) is 5.62. The number of carbonyl (C=O) groups is 3. The number of nitrogens with zero attached hydrogens (tertiary/aromatic N) is 2. The minimum absolute atomic E-state index is 0.221. The van der Waals surface area contributed by atoms with Gasteiger partial charge in [-0.2, -0.15) is 0 Å². The molecular formula is C16H13FN4O3S. The number of alkyl halides is 1. The van der Waals surface area contributed by atoms with E-state index in [0.717, 1.165) is 16.1 Å². The maximum absolute atomic E-state index is 13.5. The van der Waals surface area contributed by atoms with Gasteiger partial charge in [0.15, 0.2) is 5.54 Å². The number of hydrogen-bond donors (Lipinski definition) is 2. The van der Waals surface area contributed by atoms with Gasteiger partial charge in [-0.15, -0.1) is 11.3 Å². The summed E-state index contributed by atoms with van der Waals surface area (Å²) < 4.78 is 13.5. The SMILES string of the molecule is O=C1NC(=O)C(CF)(CN2Cc3cc(-c4nccs4)ccc3C2=O)N1. The van der Waals surface area contributed by atoms with E-state index in [-0.39, 0.29) is 19.0 Å². The summed E-state index contributed by atoms with van der Waals surface area (Å²) in [7, 11) is 0. The lowest BCUT2D eigenvalue weighted by molar-refractivity contribution is -0.125. The molecule has 2 aliphatic heterocycles. The zero-order chi connectivity index (χ0) is 17.6. The smallest absolute Gasteiger partial charge is 0.322 e. The molecule has 1 aromatic heterocycles. The van der Waals surface area contributed by atoms with E-state index < -0.39 is 24.2 Å². The molecule has 2 aromatic rings. The largest absolute Gasteiger partial charge is 0.331 e. The highest BCUT2D eigenvalue weighted by atomic mass is 32.1. The molecule has 0 bridgehead atoms. The Morgan fingerprint density at radius 3 is 2.80 bits per heavy atom. The minimum Gasteiger partial charge on any atom is -0.331 e. The van der Waals surface area contributed by atoms with Crippen LogP contribution in [0.3, 0.4) is 0 Å². The van der Waals surface area contributed by atoms with E-state index in [2.05, 4.69) is 10.3 Å². The quantitative estimate of drug-likeness (QED) is 0.805. The summed E-state index contributed by atoms with van der Waals surface area (Å²) in [6, 6.07) is 4.65. The van der Waals surface area contributed by atoms with E-state index in [4.69, 9.17) is 0 Å². The Morgan fingerprint density at radius 2 is 2.16 bits per heavy atom. The van der Waals surface area contributed by atoms with Crippen LogP contribution < -0.4 is 10.6 Å². The second-order valence-electron chi connectivity index (χ2n) is 5.99. The Kier molecular flexibility index (Phi) is 3.53. The average molecular weight is 360 g/mol. The number of thiazole rings is 1. The Labute approximate surface area is 145 Å². The fraction of sp³-hybridized carbons (Fsp3) is 0.250. The highest BCUT2D eigenvalue weighted by Crippen LogP contribution is 2.30. The molecule has 1 saturated heterocycles. The van der Waals surface area contributed by atoms with E-state index in [9.17, 15) is 18.8 Å². The van der Waals surface area contributed by atoms with Crippen LogP contribution in [0.5, 0.6) is 0 Å². The van der Waals surface area contributed by atoms with Crippen molar-refractivity contribution < 1.29 is 18.8 Å². The monoisotopic (exact) mass is 360 g/mol. The first kappa shape index (κ1) is 15.7. The maximum atomic E-state index is 13.5. The third kappa shape index (κ3) is 2.47. The fourth-order valence-corrected chi connectivity index (χ4v) is 3.74. The predicted octanol–water partition coefficient (Wildman–Crippen LogP) is 1.31. The molecule has 2 N–H and O–H groups in total. The molecule has 4 rings (SSSR count). The van der Waals surface area contributed by atoms with Crippen molar-refractivity contribution in [2.45, 2.75) is 12.1 Å². The molecule has 0 radical (unpaired) electrons. The van der Waals surface area contributed by atoms with Crippen LogP contribution in [0, 0.1) is 0 Å². The van der Waals surface area contributed by atoms with Crippen molar-refractivity contribution in [2.24, 2.45) is 0 Å². The normalized spacial score (nSPS) is 22.1. The van der Waals surface area contributed by atoms with Gasteiger partial charge in [0.1, 0.15) is 11.7 Å². The summed E-state index contributed by atoms with van der Waals surface area (Å²) in [4.78, 5) is 41.5. The Morgan fingerprint density at radius 1 is 1.32 bits per heavy atom. The van der Waals surface area contributed by atoms with Gasteiger partial charge < -0.3 is 10.2 Å². The number of carbonyl (C=O) groups excluding carboxylic acids is 3. The number of urea groups is 1. The number of benzene rings is 1. The van der Waals surface area contributed by atoms with Crippen LogP contribution in [-0.2, 0) is 11.3 Å². The standard InChI is InChI=1S/C16H13FN4O3S/c17-7-16(14(23)19-15(24)20-16)8-21-6-10-5-9(12-18-3-4-25-12)1-2-11(10)13(21)22/h1-5H,6-8H2,(H2,19,20,23,24). The summed E-state index contributed by atoms with van der Waals surface area (Å²) in [5.41, 5.74) is 0.471. The molecule has 1 fully saturated rings. The molecule has 1 unspecified atom stereocenters. The molecule has 1 atom stereocenters. The third-order valence-electron chi connectivity index (χ3n) is 4.37. The van der Waals surface area contributed by atoms with Gasteiger partial charge in [-0.1, -0.05) is 6.07 Å². The van der Waals surface area contributed by atoms with Crippen LogP contribution in [0.25, 0.3) is 10.6 Å². The molecule has 25 heavy (non-hydrogen) atoms. The van der Waals surface area contributed by atoms with Gasteiger partial charge in [0.2, 0.25) is 0 Å². The molecule has 9 heteroatoms. The number of halogens is 1. The molecule has 0 aliphatic carbocycles. The summed E-state index contributed by atoms with van der Waals surface area (Å²) in [5, 5.41) is 7.03. The number of fused-ring (bicyclic) bond motifs is 1. The number of hydrogen-bond acceptors (Lipinski definition) is 5. The van der Waals surface area contributed by atoms with Gasteiger partial charge in [-0.05, 0) is 17.7 Å². The average Bonchev–Trinajstić information content (AvgIpc) is 3.28. The van der Waals surface area contributed by atoms with Crippen LogP contribution in [0.4, 0.5) is 9.18 Å². The number of nitrogens with one attached hydrogen (secondary N) is 2. The molecule has 2 aliphatic rings. The Balaban J connectivity index is 1.60. The van der Waals surface area contributed by atoms with Gasteiger partial charge in [0.25, 0.3) is 11.8 Å². The van der Waals surface area contributed by atoms with Gasteiger partial charge >= 0.3 is 6.03 Å². The number of imide groups is 1. The van der Waals surface area contributed by atoms with E-state index in [1.54, 1.807) is 12.3 Å². The van der Waals surface area contributed by atoms with E-state index in [0.29, 0.717) is 5.56 Å². The Bertz CT molecular complexity index is 886. The number of rotatable bonds is 4. The lowest BCUT2D eigenvalue weighted by Crippen LogP contribution is -2.57. The lowest BCUT2D eigenvalue weighted by atomic mass is 10.0. The summed E-state index contributed by atoms with van der Waals surface area (Å²) in [6.07, 6.45) is 1.71. The highest BCUT2D eigenvalue weighted by Gasteiger charge is 2.49. The molecule has 4 amide bonds. The summed E-state index contributed by atoms with van der Waals surface area (Å²) in [6.45, 7) is -1.06. The lowest BCUT2D eigenvalue weighted by Gasteiger charge is -2.28. The molecule has 7 nitrogen and oxygen atoms in total. The van der Waals surface area contributed by atoms with Crippen molar-refractivity contribution >= 4 is 29.2 Å². The van der Waals surface area contributed by atoms with Crippen LogP contribution in [0.2, 0.25) is 0 Å². The maximum Gasteiger partial charge on any atom is 0.322 e. The van der Waals surface area contributed by atoms with Crippen molar-refractivity contribution in [3.63, 3.8) is 0 Å². The van der Waals surface area contributed by atoms with Crippen molar-refractivity contribution in [1.82, 2.24) is 20.5 Å². The van der Waals surface area contributed by atoms with Gasteiger partial charge in [-0.25, -0.2) is 14.2 Å². The molecule has 3 heterocycles. The molecule has 128 valence electrons. The number of amides is 4. The van der Waals surface area contributed by atoms with Gasteiger partial charge in [-0.3, -0.25) is 14.9 Å². The zero-order valence-electron chi connectivity index (χ0n) is 12.9. The minimum atomic E-state index is -1.73. The van der Waals surface area contributed by atoms with Crippen LogP contribution >= 0.6 is 11.3 Å². The van der Waals surface area contributed by atoms with Crippen LogP contribution in [0.1, 0.15) is 15.9 Å². The van der Waals surface area contributed by atoms with Crippen LogP contribution in [-0.4, -0.2) is 46.5 Å². The molecule has 1 aromatic carbocycles. The Hall–Kier alpha value is -2.81. The van der Waals surface area contributed by atoms with Crippen molar-refractivity contribution in [1.29, 1.82) is 0 Å². The van der Waals surface area contributed by atoms with Crippen LogP contribution in [0.15, 0.2) is 29.8 Å². The van der Waals surface area contributed by atoms with E-state index >= 15 is 0 Å². The number of aromatic nitrogens is 1. The highest BCUT2D eigenvalue weighted by molar-refractivity contribution is 7.13. The molecular weight excluding hydrogens is 347 g/mol. The molecule has 0 spiro atoms. The van der Waals surface area contributed by atoms with Gasteiger partial charge in [0.05, 0.1) is 6.54 Å². The van der Waals surface area contributed by atoms with Gasteiger partial charge in [0, 0.05) is 29.2 Å². The van der Waals surface area contributed by atoms with E-state index in [1.807, 2.05) is 22.8 Å². The topological polar surface area (TPSA) is 91.4 Å². The first-order valence-electron chi connectivity index (χ1n) is 7.54. The molecule has 0 saturated carbocycles.